The predicted octanol–water partition coefficient (Wildman–Crippen LogP) is 3.88. The van der Waals surface area contributed by atoms with Gasteiger partial charge in [0, 0.05) is 12.0 Å². The number of fused-ring (bicyclic) bond motifs is 5. The Morgan fingerprint density at radius 2 is 1.94 bits per heavy atom. The maximum Gasteiger partial charge on any atom is 0.373 e. The van der Waals surface area contributed by atoms with E-state index in [1.54, 1.807) is 12.4 Å². The van der Waals surface area contributed by atoms with E-state index in [4.69, 9.17) is 77.4 Å². The quantitative estimate of drug-likeness (QED) is 0.173. The van der Waals surface area contributed by atoms with Crippen molar-refractivity contribution in [3.63, 3.8) is 0 Å². The maximum absolute atomic E-state index is 16.3. The second-order valence-electron chi connectivity index (χ2n) is 11.4. The van der Waals surface area contributed by atoms with Crippen LogP contribution in [0.5, 0.6) is 0 Å². The summed E-state index contributed by atoms with van der Waals surface area (Å²) in [4.78, 5) is 39.9. The van der Waals surface area contributed by atoms with Gasteiger partial charge < -0.3 is 32.3 Å². The Hall–Kier alpha value is -2.72. The van der Waals surface area contributed by atoms with Gasteiger partial charge in [-0.15, -0.1) is 5.10 Å². The van der Waals surface area contributed by atoms with Crippen LogP contribution >= 0.6 is 25.0 Å². The monoisotopic (exact) mass is 788 g/mol. The molecule has 5 heterocycles. The number of benzene rings is 1. The molecule has 4 aromatic rings. The minimum absolute atomic E-state index is 0.0133. The summed E-state index contributed by atoms with van der Waals surface area (Å²) in [5.41, 5.74) is 3.01. The second-order valence-corrected chi connectivity index (χ2v) is 17.6. The molecular weight excluding hydrogens is 761 g/mol. The van der Waals surface area contributed by atoms with Gasteiger partial charge in [-0.2, -0.15) is 14.9 Å². The van der Waals surface area contributed by atoms with Crippen LogP contribution in [-0.4, -0.2) is 90.4 Å². The van der Waals surface area contributed by atoms with Gasteiger partial charge in [0.15, 0.2) is 23.2 Å². The number of hydrogen-bond acceptors (Lipinski definition) is 16. The molecule has 0 amide bonds. The van der Waals surface area contributed by atoms with Crippen molar-refractivity contribution < 1.29 is 46.2 Å². The van der Waals surface area contributed by atoms with E-state index in [0.717, 1.165) is 5.56 Å². The normalized spacial score (nSPS) is 32.9. The van der Waals surface area contributed by atoms with E-state index >= 15 is 4.39 Å². The molecule has 50 heavy (non-hydrogen) atoms. The van der Waals surface area contributed by atoms with Crippen LogP contribution in [0.25, 0.3) is 22.2 Å². The zero-order valence-corrected chi connectivity index (χ0v) is 30.1. The van der Waals surface area contributed by atoms with Crippen LogP contribution in [0.4, 0.5) is 4.39 Å². The molecule has 0 radical (unpaired) electrons. The fourth-order valence-corrected chi connectivity index (χ4v) is 9.47. The molecule has 3 aromatic heterocycles. The molecule has 17 nitrogen and oxygen atoms in total. The van der Waals surface area contributed by atoms with Gasteiger partial charge in [0.05, 0.1) is 50.8 Å². The molecule has 2 unspecified atom stereocenters. The highest BCUT2D eigenvalue weighted by Gasteiger charge is 2.52. The van der Waals surface area contributed by atoms with Gasteiger partial charge in [0.1, 0.15) is 29.6 Å². The first-order valence-electron chi connectivity index (χ1n) is 15.0. The van der Waals surface area contributed by atoms with Crippen LogP contribution in [0.15, 0.2) is 30.9 Å². The lowest BCUT2D eigenvalue weighted by Crippen LogP contribution is -2.43. The van der Waals surface area contributed by atoms with Crippen LogP contribution in [0.1, 0.15) is 30.7 Å². The standard InChI is InChI=1S/C26H28ClFN8O7P2S2.CO2/c1-14-4-2-5-17-21(14)33-34-36(17)26-23-20(28)19(42-26)11-40-44(37,46)39-10-16-15(9-41-45(47,43-23)38-7-3-6-29)8-18(16)35-13-32-22-24(27)30-12-31-25(22)35;2-1-3/h2,4-5,12-13,15-16,18-20,23,26H,3,7-11H2,1H3,(H,37,46);/t15-,16-,18-,19-,20-,23-,26-,44?,45?;/m1./s1. The molecule has 9 atom stereocenters. The number of ether oxygens (including phenoxy) is 1. The van der Waals surface area contributed by atoms with E-state index in [2.05, 4.69) is 25.3 Å². The van der Waals surface area contributed by atoms with Crippen LogP contribution in [-0.2, 0) is 60.6 Å². The number of aryl methyl sites for hydroxylation is 1. The Morgan fingerprint density at radius 3 is 2.72 bits per heavy atom. The highest BCUT2D eigenvalue weighted by atomic mass is 35.5. The topological polar surface area (TPSA) is 208 Å². The lowest BCUT2D eigenvalue weighted by atomic mass is 9.70. The Balaban J connectivity index is 0.00000139. The third-order valence-corrected chi connectivity index (χ3v) is 12.7. The summed E-state index contributed by atoms with van der Waals surface area (Å²) in [5, 5.41) is 17.9. The van der Waals surface area contributed by atoms with E-state index in [1.807, 2.05) is 29.7 Å². The predicted molar refractivity (Wildman–Crippen MR) is 177 cm³/mol. The average Bonchev–Trinajstić information content (AvgIpc) is 3.77. The summed E-state index contributed by atoms with van der Waals surface area (Å²) in [6, 6.07) is 7.28. The highest BCUT2D eigenvalue weighted by molar-refractivity contribution is 8.07. The molecule has 1 aliphatic carbocycles. The fraction of sp³-hybridized carbons (Fsp3) is 0.519. The Labute approximate surface area is 298 Å². The summed E-state index contributed by atoms with van der Waals surface area (Å²) in [6.07, 6.45) is -1.84. The van der Waals surface area contributed by atoms with Gasteiger partial charge in [0.2, 0.25) is 0 Å². The summed E-state index contributed by atoms with van der Waals surface area (Å²) in [5.74, 6) is -0.464. The molecule has 1 saturated carbocycles. The molecule has 0 spiro atoms. The molecule has 2 saturated heterocycles. The average molecular weight is 789 g/mol. The number of nitriles is 1. The van der Waals surface area contributed by atoms with E-state index < -0.39 is 44.7 Å². The molecule has 3 aliphatic rings. The second kappa shape index (κ2) is 15.5. The Morgan fingerprint density at radius 1 is 1.16 bits per heavy atom. The molecule has 1 aromatic carbocycles. The number of aromatic nitrogens is 7. The van der Waals surface area contributed by atoms with Crippen molar-refractivity contribution in [3.05, 3.63) is 41.6 Å². The Kier molecular flexibility index (Phi) is 11.5. The van der Waals surface area contributed by atoms with Crippen molar-refractivity contribution in [1.29, 1.82) is 5.26 Å². The number of alkyl halides is 1. The number of halogens is 2. The molecule has 266 valence electrons. The van der Waals surface area contributed by atoms with Gasteiger partial charge in [-0.1, -0.05) is 28.9 Å². The summed E-state index contributed by atoms with van der Waals surface area (Å²) >= 11 is 17.4. The van der Waals surface area contributed by atoms with Crippen molar-refractivity contribution in [2.45, 2.75) is 50.4 Å². The highest BCUT2D eigenvalue weighted by Crippen LogP contribution is 2.58. The molecule has 2 aliphatic heterocycles. The molecular formula is C27H28ClFN8O9P2S2. The van der Waals surface area contributed by atoms with E-state index in [-0.39, 0.29) is 55.4 Å². The molecule has 2 bridgehead atoms. The largest absolute Gasteiger partial charge is 0.373 e. The van der Waals surface area contributed by atoms with Gasteiger partial charge in [-0.3, -0.25) is 4.52 Å². The SMILES string of the molecule is Cc1cccc2c1nnn2[C@@H]1O[C@@H]2COP(O)(=S)OC[C@@H]3[C@@H](COP(=S)(OCCC#N)O[C@@H]1[C@@H]2F)C[C@H]3n1cnc2c(Cl)ncnc21.O=C=O. The van der Waals surface area contributed by atoms with Gasteiger partial charge in [-0.25, -0.2) is 24.0 Å². The van der Waals surface area contributed by atoms with Crippen LogP contribution in [0, 0.1) is 30.1 Å². The van der Waals surface area contributed by atoms with Gasteiger partial charge in [-0.05, 0) is 54.5 Å². The lowest BCUT2D eigenvalue weighted by Gasteiger charge is -2.45. The van der Waals surface area contributed by atoms with Crippen molar-refractivity contribution in [2.75, 3.05) is 26.4 Å². The first-order chi connectivity index (χ1) is 24.0. The minimum Gasteiger partial charge on any atom is -0.345 e. The number of nitrogens with zero attached hydrogens (tertiary/aromatic N) is 8. The first-order valence-corrected chi connectivity index (χ1v) is 20.5. The summed E-state index contributed by atoms with van der Waals surface area (Å²) in [7, 11) is 0. The third kappa shape index (κ3) is 7.57. The zero-order valence-electron chi connectivity index (χ0n) is 25.9. The zero-order chi connectivity index (χ0) is 35.6. The number of rotatable bonds is 5. The molecule has 23 heteroatoms. The van der Waals surface area contributed by atoms with E-state index in [1.165, 1.54) is 11.0 Å². The molecule has 1 N–H and O–H groups in total. The fourth-order valence-electron chi connectivity index (χ4n) is 6.05. The van der Waals surface area contributed by atoms with Crippen molar-refractivity contribution in [1.82, 2.24) is 34.5 Å². The van der Waals surface area contributed by atoms with Crippen LogP contribution < -0.4 is 0 Å². The summed E-state index contributed by atoms with van der Waals surface area (Å²) < 4.78 is 55.4. The number of carbonyl (C=O) groups excluding carboxylic acids is 2. The minimum atomic E-state index is -3.85. The Bertz CT molecular complexity index is 2050. The van der Waals surface area contributed by atoms with Gasteiger partial charge >= 0.3 is 19.6 Å². The number of hydrogen-bond donors (Lipinski definition) is 1. The summed E-state index contributed by atoms with van der Waals surface area (Å²) in [6.45, 7) is -6.19. The molecule has 3 fully saturated rings. The van der Waals surface area contributed by atoms with Crippen LogP contribution in [0.3, 0.4) is 0 Å². The smallest absolute Gasteiger partial charge is 0.345 e. The van der Waals surface area contributed by atoms with E-state index in [0.29, 0.717) is 28.6 Å². The van der Waals surface area contributed by atoms with Crippen molar-refractivity contribution in [2.24, 2.45) is 11.8 Å². The lowest BCUT2D eigenvalue weighted by molar-refractivity contribution is -0.191. The van der Waals surface area contributed by atoms with Crippen LogP contribution in [0.2, 0.25) is 5.15 Å². The third-order valence-electron chi connectivity index (χ3n) is 8.52. The first kappa shape index (κ1) is 37.1. The van der Waals surface area contributed by atoms with Crippen molar-refractivity contribution >= 4 is 77.0 Å². The van der Waals surface area contributed by atoms with Gasteiger partial charge in [0.25, 0.3) is 0 Å². The molecule has 7 rings (SSSR count). The van der Waals surface area contributed by atoms with Crippen molar-refractivity contribution in [3.8, 4) is 6.07 Å². The van der Waals surface area contributed by atoms with E-state index in [9.17, 15) is 4.89 Å². The number of imidazole rings is 1. The maximum atomic E-state index is 16.3.